The number of nitrogens with one attached hydrogen (secondary N) is 1. The maximum Gasteiger partial charge on any atom is 0.223 e. The summed E-state index contributed by atoms with van der Waals surface area (Å²) in [5.41, 5.74) is 2.35. The number of aromatic nitrogens is 2. The molecule has 2 aromatic rings. The molecule has 0 aliphatic carbocycles. The summed E-state index contributed by atoms with van der Waals surface area (Å²) in [7, 11) is 0. The van der Waals surface area contributed by atoms with Crippen molar-refractivity contribution < 1.29 is 9.59 Å². The molecule has 0 saturated carbocycles. The second kappa shape index (κ2) is 8.25. The second-order valence-corrected chi connectivity index (χ2v) is 9.18. The Balaban J connectivity index is 1.35. The Bertz CT molecular complexity index is 882. The number of H-pyrrole nitrogens is 1. The predicted octanol–water partition coefficient (Wildman–Crippen LogP) is 2.81. The summed E-state index contributed by atoms with van der Waals surface area (Å²) in [5.74, 6) is 1.33. The fourth-order valence-electron chi connectivity index (χ4n) is 5.92. The van der Waals surface area contributed by atoms with Gasteiger partial charge in [0, 0.05) is 44.2 Å². The van der Waals surface area contributed by atoms with Crippen molar-refractivity contribution in [2.24, 2.45) is 11.8 Å². The van der Waals surface area contributed by atoms with Crippen molar-refractivity contribution in [1.82, 2.24) is 20.0 Å². The zero-order valence-electron chi connectivity index (χ0n) is 17.4. The molecule has 0 unspecified atom stereocenters. The number of hydrogen-bond acceptors (Lipinski definition) is 3. The first kappa shape index (κ1) is 19.3. The van der Waals surface area contributed by atoms with Gasteiger partial charge in [-0.05, 0) is 55.1 Å². The highest BCUT2D eigenvalue weighted by Crippen LogP contribution is 2.42. The lowest BCUT2D eigenvalue weighted by Crippen LogP contribution is -2.66. The van der Waals surface area contributed by atoms with Crippen LogP contribution in [0.3, 0.4) is 0 Å². The Morgan fingerprint density at radius 2 is 1.97 bits per heavy atom. The number of piperidine rings is 3. The van der Waals surface area contributed by atoms with E-state index < -0.39 is 0 Å². The molecule has 2 bridgehead atoms. The zero-order valence-corrected chi connectivity index (χ0v) is 17.4. The summed E-state index contributed by atoms with van der Waals surface area (Å²) in [4.78, 5) is 30.3. The highest BCUT2D eigenvalue weighted by Gasteiger charge is 2.49. The van der Waals surface area contributed by atoms with Crippen LogP contribution in [-0.2, 0) is 22.4 Å². The summed E-state index contributed by atoms with van der Waals surface area (Å²) in [6, 6.07) is 11.0. The van der Waals surface area contributed by atoms with Gasteiger partial charge in [-0.2, -0.15) is 5.10 Å². The molecular formula is C24H30N4O2. The monoisotopic (exact) mass is 406 g/mol. The number of rotatable bonds is 5. The van der Waals surface area contributed by atoms with E-state index >= 15 is 0 Å². The molecule has 4 heterocycles. The molecule has 1 aromatic heterocycles. The Morgan fingerprint density at radius 1 is 1.13 bits per heavy atom. The lowest BCUT2D eigenvalue weighted by molar-refractivity contribution is -0.156. The smallest absolute Gasteiger partial charge is 0.223 e. The lowest BCUT2D eigenvalue weighted by Gasteiger charge is -2.56. The van der Waals surface area contributed by atoms with Gasteiger partial charge in [0.05, 0.1) is 6.20 Å². The molecule has 3 saturated heterocycles. The fourth-order valence-corrected chi connectivity index (χ4v) is 5.92. The quantitative estimate of drug-likeness (QED) is 0.830. The number of aromatic amines is 1. The van der Waals surface area contributed by atoms with E-state index in [1.807, 2.05) is 12.3 Å². The first-order valence-electron chi connectivity index (χ1n) is 11.3. The van der Waals surface area contributed by atoms with Crippen LogP contribution in [0.25, 0.3) is 0 Å². The molecule has 2 amide bonds. The van der Waals surface area contributed by atoms with E-state index in [2.05, 4.69) is 44.3 Å². The molecule has 3 aliphatic heterocycles. The van der Waals surface area contributed by atoms with Crippen molar-refractivity contribution in [1.29, 1.82) is 0 Å². The molecule has 6 nitrogen and oxygen atoms in total. The molecule has 0 spiro atoms. The highest BCUT2D eigenvalue weighted by atomic mass is 16.2. The van der Waals surface area contributed by atoms with Crippen LogP contribution in [0, 0.1) is 11.8 Å². The van der Waals surface area contributed by atoms with Gasteiger partial charge in [0.15, 0.2) is 0 Å². The van der Waals surface area contributed by atoms with Crippen molar-refractivity contribution in [2.75, 3.05) is 13.1 Å². The summed E-state index contributed by atoms with van der Waals surface area (Å²) >= 11 is 0. The van der Waals surface area contributed by atoms with Gasteiger partial charge in [0.25, 0.3) is 0 Å². The maximum absolute atomic E-state index is 13.0. The summed E-state index contributed by atoms with van der Waals surface area (Å²) in [6.07, 6.45) is 9.65. The minimum Gasteiger partial charge on any atom is -0.342 e. The number of amides is 2. The third-order valence-electron chi connectivity index (χ3n) is 7.32. The third kappa shape index (κ3) is 3.75. The first-order chi connectivity index (χ1) is 14.7. The van der Waals surface area contributed by atoms with E-state index in [0.717, 1.165) is 50.8 Å². The molecule has 3 fully saturated rings. The topological polar surface area (TPSA) is 69.3 Å². The largest absolute Gasteiger partial charge is 0.342 e. The van der Waals surface area contributed by atoms with Crippen LogP contribution in [0.4, 0.5) is 0 Å². The molecule has 1 aromatic carbocycles. The molecule has 4 atom stereocenters. The molecule has 3 aliphatic rings. The molecule has 6 heteroatoms. The van der Waals surface area contributed by atoms with E-state index in [0.29, 0.717) is 36.6 Å². The standard InChI is InChI=1S/C24H30N4O2/c29-23(10-9-18-13-25-26-14-18)27-15-19-12-20(16-27)22(11-17-5-2-1-3-6-17)28-21(19)7-4-8-24(28)30/h1-3,5-6,13-14,19-22H,4,7-12,15-16H2,(H,25,26)/t19-,20+,21+,22+/m1/s1. The average molecular weight is 407 g/mol. The molecule has 0 radical (unpaired) electrons. The molecule has 158 valence electrons. The summed E-state index contributed by atoms with van der Waals surface area (Å²) < 4.78 is 0. The first-order valence-corrected chi connectivity index (χ1v) is 11.3. The van der Waals surface area contributed by atoms with Gasteiger partial charge in [-0.15, -0.1) is 0 Å². The summed E-state index contributed by atoms with van der Waals surface area (Å²) in [5, 5.41) is 6.79. The Hall–Kier alpha value is -2.63. The van der Waals surface area contributed by atoms with Crippen LogP contribution in [-0.4, -0.2) is 57.0 Å². The summed E-state index contributed by atoms with van der Waals surface area (Å²) in [6.45, 7) is 1.57. The van der Waals surface area contributed by atoms with Gasteiger partial charge in [0.1, 0.15) is 0 Å². The lowest BCUT2D eigenvalue weighted by atomic mass is 9.70. The highest BCUT2D eigenvalue weighted by molar-refractivity contribution is 5.79. The van der Waals surface area contributed by atoms with Crippen molar-refractivity contribution in [3.63, 3.8) is 0 Å². The number of fused-ring (bicyclic) bond motifs is 4. The van der Waals surface area contributed by atoms with Gasteiger partial charge in [-0.1, -0.05) is 30.3 Å². The van der Waals surface area contributed by atoms with E-state index in [1.54, 1.807) is 6.20 Å². The van der Waals surface area contributed by atoms with Gasteiger partial charge >= 0.3 is 0 Å². The van der Waals surface area contributed by atoms with Crippen molar-refractivity contribution >= 4 is 11.8 Å². The number of carbonyl (C=O) groups excluding carboxylic acids is 2. The zero-order chi connectivity index (χ0) is 20.5. The maximum atomic E-state index is 13.0. The normalized spacial score (nSPS) is 28.3. The third-order valence-corrected chi connectivity index (χ3v) is 7.32. The van der Waals surface area contributed by atoms with E-state index in [9.17, 15) is 9.59 Å². The Kier molecular flexibility index (Phi) is 5.32. The van der Waals surface area contributed by atoms with Crippen LogP contribution in [0.1, 0.15) is 43.2 Å². The Morgan fingerprint density at radius 3 is 2.77 bits per heavy atom. The van der Waals surface area contributed by atoms with Gasteiger partial charge < -0.3 is 9.80 Å². The van der Waals surface area contributed by atoms with Gasteiger partial charge in [-0.3, -0.25) is 14.7 Å². The molecule has 1 N–H and O–H groups in total. The number of benzene rings is 1. The predicted molar refractivity (Wildman–Crippen MR) is 114 cm³/mol. The molecule has 30 heavy (non-hydrogen) atoms. The Labute approximate surface area is 177 Å². The van der Waals surface area contributed by atoms with Crippen molar-refractivity contribution in [3.05, 3.63) is 53.9 Å². The van der Waals surface area contributed by atoms with E-state index in [1.165, 1.54) is 5.56 Å². The fraction of sp³-hybridized carbons (Fsp3) is 0.542. The van der Waals surface area contributed by atoms with Crippen molar-refractivity contribution in [3.8, 4) is 0 Å². The van der Waals surface area contributed by atoms with Crippen molar-refractivity contribution in [2.45, 2.75) is 57.0 Å². The number of aryl methyl sites for hydroxylation is 1. The SMILES string of the molecule is O=C(CCc1cn[nH]c1)N1C[C@H]2C[C@@H](C1)[C@H](Cc1ccccc1)N1C(=O)CCC[C@@H]21. The molecular weight excluding hydrogens is 376 g/mol. The van der Waals surface area contributed by atoms with Crippen LogP contribution in [0.5, 0.6) is 0 Å². The van der Waals surface area contributed by atoms with Gasteiger partial charge in [-0.25, -0.2) is 0 Å². The number of hydrogen-bond donors (Lipinski definition) is 1. The minimum absolute atomic E-state index is 0.200. The van der Waals surface area contributed by atoms with Crippen LogP contribution in [0.2, 0.25) is 0 Å². The van der Waals surface area contributed by atoms with Crippen LogP contribution in [0.15, 0.2) is 42.7 Å². The number of nitrogens with zero attached hydrogens (tertiary/aromatic N) is 3. The molecule has 5 rings (SSSR count). The van der Waals surface area contributed by atoms with Gasteiger partial charge in [0.2, 0.25) is 11.8 Å². The van der Waals surface area contributed by atoms with Crippen LogP contribution < -0.4 is 0 Å². The number of likely N-dealkylation sites (tertiary alicyclic amines) is 1. The number of carbonyl (C=O) groups is 2. The second-order valence-electron chi connectivity index (χ2n) is 9.18. The van der Waals surface area contributed by atoms with Crippen LogP contribution >= 0.6 is 0 Å². The average Bonchev–Trinajstić information content (AvgIpc) is 3.29. The van der Waals surface area contributed by atoms with E-state index in [-0.39, 0.29) is 11.9 Å². The minimum atomic E-state index is 0.200. The van der Waals surface area contributed by atoms with E-state index in [4.69, 9.17) is 0 Å².